The van der Waals surface area contributed by atoms with Crippen molar-refractivity contribution in [2.45, 2.75) is 27.7 Å². The monoisotopic (exact) mass is 256 g/mol. The first-order valence-electron chi connectivity index (χ1n) is 6.11. The normalized spacial score (nSPS) is 9.94. The number of benzene rings is 1. The maximum Gasteiger partial charge on any atom is 0.484 e. The molecule has 0 atom stereocenters. The zero-order chi connectivity index (χ0) is 12.9. The summed E-state index contributed by atoms with van der Waals surface area (Å²) in [4.78, 5) is 0. The van der Waals surface area contributed by atoms with Crippen molar-refractivity contribution in [2.75, 3.05) is 19.8 Å². The van der Waals surface area contributed by atoms with E-state index in [4.69, 9.17) is 13.3 Å². The van der Waals surface area contributed by atoms with Crippen LogP contribution in [0.2, 0.25) is 0 Å². The first-order chi connectivity index (χ1) is 8.24. The van der Waals surface area contributed by atoms with Gasteiger partial charge in [-0.05, 0) is 27.7 Å². The summed E-state index contributed by atoms with van der Waals surface area (Å²) in [5.41, 5.74) is 1.32. The van der Waals surface area contributed by atoms with Gasteiger partial charge < -0.3 is 13.3 Å². The minimum Gasteiger partial charge on any atom is -0.376 e. The van der Waals surface area contributed by atoms with E-state index in [1.807, 2.05) is 39.0 Å². The van der Waals surface area contributed by atoms with Crippen molar-refractivity contribution < 1.29 is 13.3 Å². The van der Waals surface area contributed by atoms with Gasteiger partial charge in [-0.2, -0.15) is 0 Å². The number of rotatable bonds is 6. The molecule has 17 heavy (non-hydrogen) atoms. The molecule has 1 aromatic carbocycles. The summed E-state index contributed by atoms with van der Waals surface area (Å²) in [6, 6.07) is 10.3. The van der Waals surface area contributed by atoms with Gasteiger partial charge in [0.2, 0.25) is 0 Å². The molecule has 0 aliphatic heterocycles. The highest BCUT2D eigenvalue weighted by Gasteiger charge is 2.11. The van der Waals surface area contributed by atoms with Crippen molar-refractivity contribution in [3.8, 4) is 0 Å². The van der Waals surface area contributed by atoms with Crippen molar-refractivity contribution in [3.05, 3.63) is 35.9 Å². The Morgan fingerprint density at radius 2 is 1.24 bits per heavy atom. The molecule has 0 saturated carbocycles. The molecule has 1 rings (SSSR count). The van der Waals surface area contributed by atoms with Gasteiger partial charge in [0.1, 0.15) is 0 Å². The van der Waals surface area contributed by atoms with Crippen LogP contribution in [0.1, 0.15) is 26.3 Å². The fraction of sp³-hybridized carbons (Fsp3) is 0.538. The Morgan fingerprint density at radius 1 is 0.824 bits per heavy atom. The van der Waals surface area contributed by atoms with E-state index in [0.29, 0.717) is 19.8 Å². The van der Waals surface area contributed by atoms with E-state index >= 15 is 0 Å². The Kier molecular flexibility index (Phi) is 11.3. The van der Waals surface area contributed by atoms with E-state index in [1.165, 1.54) is 5.56 Å². The van der Waals surface area contributed by atoms with Crippen LogP contribution in [0.15, 0.2) is 30.3 Å². The highest BCUT2D eigenvalue weighted by Crippen LogP contribution is 1.92. The molecule has 0 bridgehead atoms. The molecule has 0 saturated heterocycles. The number of hydrogen-bond acceptors (Lipinski definition) is 3. The molecule has 0 spiro atoms. The third-order valence-corrected chi connectivity index (χ3v) is 3.67. The minimum absolute atomic E-state index is 0.677. The van der Waals surface area contributed by atoms with Crippen LogP contribution in [0.3, 0.4) is 0 Å². The Morgan fingerprint density at radius 3 is 1.47 bits per heavy atom. The van der Waals surface area contributed by atoms with Crippen molar-refractivity contribution in [1.82, 2.24) is 0 Å². The molecule has 0 fully saturated rings. The molecule has 0 aromatic heterocycles. The van der Waals surface area contributed by atoms with Gasteiger partial charge in [0.15, 0.2) is 0 Å². The van der Waals surface area contributed by atoms with Gasteiger partial charge >= 0.3 is 9.53 Å². The SMILES string of the molecule is CCO[SiH](OCC)OCC.Cc1ccccc1. The van der Waals surface area contributed by atoms with Gasteiger partial charge in [0.25, 0.3) is 0 Å². The predicted octanol–water partition coefficient (Wildman–Crippen LogP) is 2.81. The predicted molar refractivity (Wildman–Crippen MR) is 73.2 cm³/mol. The van der Waals surface area contributed by atoms with Crippen LogP contribution in [0.5, 0.6) is 0 Å². The minimum atomic E-state index is -1.73. The third-order valence-electron chi connectivity index (χ3n) is 1.85. The Bertz CT molecular complexity index is 240. The van der Waals surface area contributed by atoms with E-state index in [-0.39, 0.29) is 0 Å². The summed E-state index contributed by atoms with van der Waals surface area (Å²) in [5.74, 6) is 0. The number of aryl methyl sites for hydroxylation is 1. The van der Waals surface area contributed by atoms with E-state index in [2.05, 4.69) is 19.1 Å². The first-order valence-corrected chi connectivity index (χ1v) is 7.52. The van der Waals surface area contributed by atoms with Crippen molar-refractivity contribution in [1.29, 1.82) is 0 Å². The highest BCUT2D eigenvalue weighted by molar-refractivity contribution is 6.36. The molecule has 1 aromatic rings. The van der Waals surface area contributed by atoms with Gasteiger partial charge in [-0.15, -0.1) is 0 Å². The van der Waals surface area contributed by atoms with Gasteiger partial charge in [0.05, 0.1) is 0 Å². The molecule has 98 valence electrons. The van der Waals surface area contributed by atoms with Crippen molar-refractivity contribution in [3.63, 3.8) is 0 Å². The first kappa shape index (κ1) is 16.3. The topological polar surface area (TPSA) is 27.7 Å². The zero-order valence-electron chi connectivity index (χ0n) is 11.3. The molecule has 4 heteroatoms. The molecule has 0 N–H and O–H groups in total. The van der Waals surface area contributed by atoms with Crippen LogP contribution in [0.25, 0.3) is 0 Å². The summed E-state index contributed by atoms with van der Waals surface area (Å²) >= 11 is 0. The third kappa shape index (κ3) is 10.2. The second-order valence-electron chi connectivity index (χ2n) is 3.31. The zero-order valence-corrected chi connectivity index (χ0v) is 12.5. The van der Waals surface area contributed by atoms with Crippen LogP contribution in [-0.4, -0.2) is 29.3 Å². The van der Waals surface area contributed by atoms with Crippen LogP contribution in [0, 0.1) is 6.92 Å². The standard InChI is InChI=1S/C7H8.C6H16O3Si/c1-7-5-3-2-4-6-7;1-4-7-10(8-5-2)9-6-3/h2-6H,1H3;10H,4-6H2,1-3H3. The average molecular weight is 256 g/mol. The second kappa shape index (κ2) is 11.8. The van der Waals surface area contributed by atoms with Crippen LogP contribution >= 0.6 is 0 Å². The van der Waals surface area contributed by atoms with Crippen LogP contribution < -0.4 is 0 Å². The van der Waals surface area contributed by atoms with E-state index in [1.54, 1.807) is 0 Å². The number of hydrogen-bond donors (Lipinski definition) is 0. The average Bonchev–Trinajstić information content (AvgIpc) is 2.32. The van der Waals surface area contributed by atoms with E-state index in [9.17, 15) is 0 Å². The van der Waals surface area contributed by atoms with Gasteiger partial charge in [-0.25, -0.2) is 0 Å². The largest absolute Gasteiger partial charge is 0.484 e. The molecular weight excluding hydrogens is 232 g/mol. The Balaban J connectivity index is 0.000000318. The highest BCUT2D eigenvalue weighted by atomic mass is 28.3. The molecule has 0 radical (unpaired) electrons. The lowest BCUT2D eigenvalue weighted by Gasteiger charge is -2.12. The Hall–Kier alpha value is -0.683. The summed E-state index contributed by atoms with van der Waals surface area (Å²) in [5, 5.41) is 0. The summed E-state index contributed by atoms with van der Waals surface area (Å²) in [7, 11) is -1.73. The molecule has 0 amide bonds. The summed E-state index contributed by atoms with van der Waals surface area (Å²) in [6.45, 7) is 9.94. The lowest BCUT2D eigenvalue weighted by molar-refractivity contribution is 0.107. The smallest absolute Gasteiger partial charge is 0.376 e. The van der Waals surface area contributed by atoms with E-state index < -0.39 is 9.53 Å². The lowest BCUT2D eigenvalue weighted by Crippen LogP contribution is -2.27. The fourth-order valence-corrected chi connectivity index (χ4v) is 2.19. The molecule has 3 nitrogen and oxygen atoms in total. The molecule has 0 heterocycles. The van der Waals surface area contributed by atoms with Gasteiger partial charge in [-0.1, -0.05) is 35.9 Å². The molecule has 0 unspecified atom stereocenters. The molecular formula is C13H24O3Si. The summed E-state index contributed by atoms with van der Waals surface area (Å²) in [6.07, 6.45) is 0. The molecule has 0 aliphatic rings. The van der Waals surface area contributed by atoms with Crippen molar-refractivity contribution in [2.24, 2.45) is 0 Å². The second-order valence-corrected chi connectivity index (χ2v) is 4.89. The Labute approximate surface area is 107 Å². The fourth-order valence-electron chi connectivity index (χ4n) is 1.09. The van der Waals surface area contributed by atoms with Gasteiger partial charge in [-0.3, -0.25) is 0 Å². The molecule has 0 aliphatic carbocycles. The lowest BCUT2D eigenvalue weighted by atomic mass is 10.2. The van der Waals surface area contributed by atoms with Crippen LogP contribution in [0.4, 0.5) is 0 Å². The van der Waals surface area contributed by atoms with E-state index in [0.717, 1.165) is 0 Å². The van der Waals surface area contributed by atoms with Crippen molar-refractivity contribution >= 4 is 9.53 Å². The summed E-state index contributed by atoms with van der Waals surface area (Å²) < 4.78 is 15.7. The van der Waals surface area contributed by atoms with Crippen LogP contribution in [-0.2, 0) is 13.3 Å². The van der Waals surface area contributed by atoms with Gasteiger partial charge in [0, 0.05) is 19.8 Å². The maximum atomic E-state index is 5.22. The quantitative estimate of drug-likeness (QED) is 0.733. The maximum absolute atomic E-state index is 5.22.